The highest BCUT2D eigenvalue weighted by molar-refractivity contribution is 7.14. The molecule has 0 saturated carbocycles. The number of nitrogens with one attached hydrogen (secondary N) is 1. The molecule has 0 fully saturated rings. The average molecular weight is 304 g/mol. The van der Waals surface area contributed by atoms with Crippen LogP contribution in [0.2, 0.25) is 0 Å². The monoisotopic (exact) mass is 304 g/mol. The number of rotatable bonds is 4. The van der Waals surface area contributed by atoms with Crippen molar-refractivity contribution in [2.45, 2.75) is 13.8 Å². The summed E-state index contributed by atoms with van der Waals surface area (Å²) in [6.07, 6.45) is 0. The molecule has 0 radical (unpaired) electrons. The highest BCUT2D eigenvalue weighted by atomic mass is 32.1. The van der Waals surface area contributed by atoms with Crippen LogP contribution in [0.3, 0.4) is 0 Å². The quantitative estimate of drug-likeness (QED) is 0.850. The predicted octanol–water partition coefficient (Wildman–Crippen LogP) is 3.13. The Morgan fingerprint density at radius 1 is 1.29 bits per heavy atom. The van der Waals surface area contributed by atoms with E-state index >= 15 is 0 Å². The first-order valence-electron chi connectivity index (χ1n) is 6.45. The van der Waals surface area contributed by atoms with Gasteiger partial charge in [-0.15, -0.1) is 11.3 Å². The van der Waals surface area contributed by atoms with Crippen LogP contribution < -0.4 is 11.1 Å². The van der Waals surface area contributed by atoms with Gasteiger partial charge in [0.25, 0.3) is 0 Å². The summed E-state index contributed by atoms with van der Waals surface area (Å²) in [5.41, 5.74) is 8.55. The molecule has 0 aliphatic rings. The second-order valence-corrected chi connectivity index (χ2v) is 5.28. The van der Waals surface area contributed by atoms with E-state index in [1.807, 2.05) is 17.5 Å². The molecule has 0 spiro atoms. The van der Waals surface area contributed by atoms with E-state index in [2.05, 4.69) is 5.32 Å². The number of esters is 1. The van der Waals surface area contributed by atoms with Gasteiger partial charge < -0.3 is 15.8 Å². The van der Waals surface area contributed by atoms with Crippen molar-refractivity contribution in [3.05, 3.63) is 35.2 Å². The number of ether oxygens (including phenoxy) is 1. The summed E-state index contributed by atoms with van der Waals surface area (Å²) in [4.78, 5) is 23.0. The van der Waals surface area contributed by atoms with Gasteiger partial charge in [-0.2, -0.15) is 0 Å². The Balaban J connectivity index is 2.34. The molecule has 2 rings (SSSR count). The fourth-order valence-corrected chi connectivity index (χ4v) is 2.75. The molecule has 3 N–H and O–H groups in total. The van der Waals surface area contributed by atoms with Crippen molar-refractivity contribution in [2.75, 3.05) is 17.7 Å². The second kappa shape index (κ2) is 6.41. The largest absolute Gasteiger partial charge is 0.462 e. The smallest absolute Gasteiger partial charge is 0.341 e. The van der Waals surface area contributed by atoms with Crippen molar-refractivity contribution < 1.29 is 14.3 Å². The molecule has 0 aliphatic heterocycles. The summed E-state index contributed by atoms with van der Waals surface area (Å²) >= 11 is 1.30. The highest BCUT2D eigenvalue weighted by Gasteiger charge is 2.19. The summed E-state index contributed by atoms with van der Waals surface area (Å²) in [7, 11) is 0. The topological polar surface area (TPSA) is 81.4 Å². The van der Waals surface area contributed by atoms with Gasteiger partial charge in [0.15, 0.2) is 0 Å². The van der Waals surface area contributed by atoms with E-state index in [0.717, 1.165) is 11.1 Å². The van der Waals surface area contributed by atoms with Crippen molar-refractivity contribution in [1.82, 2.24) is 0 Å². The Bertz CT molecular complexity index is 662. The zero-order chi connectivity index (χ0) is 15.4. The molecule has 0 unspecified atom stereocenters. The van der Waals surface area contributed by atoms with Gasteiger partial charge in [0.05, 0.1) is 6.61 Å². The number of nitrogens with two attached hydrogens (primary N) is 1. The molecule has 0 saturated heterocycles. The molecule has 0 atom stereocenters. The lowest BCUT2D eigenvalue weighted by Crippen LogP contribution is -2.07. The fourth-order valence-electron chi connectivity index (χ4n) is 1.94. The van der Waals surface area contributed by atoms with Gasteiger partial charge in [-0.05, 0) is 24.6 Å². The van der Waals surface area contributed by atoms with Crippen LogP contribution in [0.5, 0.6) is 0 Å². The van der Waals surface area contributed by atoms with E-state index in [4.69, 9.17) is 10.5 Å². The summed E-state index contributed by atoms with van der Waals surface area (Å²) < 4.78 is 5.04. The standard InChI is InChI=1S/C15H16N2O3S/c1-3-20-15(19)13-12(8-21-14(13)16)10-4-6-11(7-5-10)17-9(2)18/h4-8H,3,16H2,1-2H3,(H,17,18). The van der Waals surface area contributed by atoms with Crippen molar-refractivity contribution in [3.63, 3.8) is 0 Å². The Kier molecular flexibility index (Phi) is 4.59. The minimum absolute atomic E-state index is 0.130. The molecular formula is C15H16N2O3S. The van der Waals surface area contributed by atoms with Gasteiger partial charge in [0.1, 0.15) is 10.6 Å². The van der Waals surface area contributed by atoms with Crippen LogP contribution in [0.4, 0.5) is 10.7 Å². The van der Waals surface area contributed by atoms with Crippen LogP contribution in [0.15, 0.2) is 29.6 Å². The van der Waals surface area contributed by atoms with Crippen LogP contribution in [0, 0.1) is 0 Å². The van der Waals surface area contributed by atoms with Crippen LogP contribution >= 0.6 is 11.3 Å². The molecule has 110 valence electrons. The van der Waals surface area contributed by atoms with Crippen molar-refractivity contribution in [2.24, 2.45) is 0 Å². The zero-order valence-corrected chi connectivity index (χ0v) is 12.6. The maximum absolute atomic E-state index is 12.0. The Morgan fingerprint density at radius 2 is 1.95 bits per heavy atom. The molecule has 5 nitrogen and oxygen atoms in total. The second-order valence-electron chi connectivity index (χ2n) is 4.37. The summed E-state index contributed by atoms with van der Waals surface area (Å²) in [6, 6.07) is 7.21. The fraction of sp³-hybridized carbons (Fsp3) is 0.200. The summed E-state index contributed by atoms with van der Waals surface area (Å²) in [6.45, 7) is 3.50. The number of carbonyl (C=O) groups excluding carboxylic acids is 2. The van der Waals surface area contributed by atoms with Gasteiger partial charge in [-0.1, -0.05) is 12.1 Å². The van der Waals surface area contributed by atoms with Gasteiger partial charge in [0.2, 0.25) is 5.91 Å². The first-order chi connectivity index (χ1) is 10.0. The molecule has 0 bridgehead atoms. The highest BCUT2D eigenvalue weighted by Crippen LogP contribution is 2.34. The Morgan fingerprint density at radius 3 is 2.52 bits per heavy atom. The SMILES string of the molecule is CCOC(=O)c1c(-c2ccc(NC(C)=O)cc2)csc1N. The van der Waals surface area contributed by atoms with E-state index in [1.165, 1.54) is 18.3 Å². The minimum Gasteiger partial charge on any atom is -0.462 e. The lowest BCUT2D eigenvalue weighted by atomic mass is 10.0. The van der Waals surface area contributed by atoms with Crippen LogP contribution in [-0.4, -0.2) is 18.5 Å². The van der Waals surface area contributed by atoms with Crippen LogP contribution in [0.1, 0.15) is 24.2 Å². The van der Waals surface area contributed by atoms with E-state index < -0.39 is 5.97 Å². The third kappa shape index (κ3) is 3.41. The molecule has 21 heavy (non-hydrogen) atoms. The normalized spacial score (nSPS) is 10.2. The number of anilines is 2. The molecule has 1 aromatic carbocycles. The Hall–Kier alpha value is -2.34. The lowest BCUT2D eigenvalue weighted by Gasteiger charge is -2.07. The van der Waals surface area contributed by atoms with Gasteiger partial charge in [-0.3, -0.25) is 4.79 Å². The van der Waals surface area contributed by atoms with Gasteiger partial charge >= 0.3 is 5.97 Å². The minimum atomic E-state index is -0.419. The van der Waals surface area contributed by atoms with E-state index in [9.17, 15) is 9.59 Å². The van der Waals surface area contributed by atoms with Gasteiger partial charge in [0, 0.05) is 23.6 Å². The molecule has 6 heteroatoms. The molecule has 1 amide bonds. The van der Waals surface area contributed by atoms with Crippen LogP contribution in [-0.2, 0) is 9.53 Å². The number of carbonyl (C=O) groups is 2. The summed E-state index contributed by atoms with van der Waals surface area (Å²) in [5, 5.41) is 4.96. The number of amides is 1. The molecule has 1 heterocycles. The van der Waals surface area contributed by atoms with E-state index in [0.29, 0.717) is 22.9 Å². The summed E-state index contributed by atoms with van der Waals surface area (Å²) in [5.74, 6) is -0.549. The van der Waals surface area contributed by atoms with E-state index in [-0.39, 0.29) is 5.91 Å². The average Bonchev–Trinajstić information content (AvgIpc) is 2.81. The van der Waals surface area contributed by atoms with Crippen LogP contribution in [0.25, 0.3) is 11.1 Å². The first kappa shape index (κ1) is 15.1. The number of thiophene rings is 1. The Labute approximate surface area is 126 Å². The maximum Gasteiger partial charge on any atom is 0.341 e. The molecule has 0 aliphatic carbocycles. The predicted molar refractivity (Wildman–Crippen MR) is 84.4 cm³/mol. The number of nitrogen functional groups attached to an aromatic ring is 1. The molecule has 1 aromatic heterocycles. The third-order valence-electron chi connectivity index (χ3n) is 2.82. The van der Waals surface area contributed by atoms with Gasteiger partial charge in [-0.25, -0.2) is 4.79 Å². The zero-order valence-electron chi connectivity index (χ0n) is 11.8. The lowest BCUT2D eigenvalue weighted by molar-refractivity contribution is -0.114. The maximum atomic E-state index is 12.0. The number of hydrogen-bond acceptors (Lipinski definition) is 5. The van der Waals surface area contributed by atoms with Crippen molar-refractivity contribution in [3.8, 4) is 11.1 Å². The van der Waals surface area contributed by atoms with Crippen molar-refractivity contribution >= 4 is 33.9 Å². The van der Waals surface area contributed by atoms with Crippen molar-refractivity contribution in [1.29, 1.82) is 0 Å². The number of benzene rings is 1. The van der Waals surface area contributed by atoms with E-state index in [1.54, 1.807) is 19.1 Å². The molecule has 2 aromatic rings. The first-order valence-corrected chi connectivity index (χ1v) is 7.33. The third-order valence-corrected chi connectivity index (χ3v) is 3.63. The number of hydrogen-bond donors (Lipinski definition) is 2. The molecular weight excluding hydrogens is 288 g/mol.